The molecule has 4 nitrogen and oxygen atoms in total. The lowest BCUT2D eigenvalue weighted by molar-refractivity contribution is -0.0910. The molecule has 3 rings (SSSR count). The van der Waals surface area contributed by atoms with Crippen LogP contribution in [0.5, 0.6) is 0 Å². The minimum absolute atomic E-state index is 0.410. The van der Waals surface area contributed by atoms with E-state index in [-0.39, 0.29) is 0 Å². The molecule has 0 bridgehead atoms. The molecule has 4 heteroatoms. The van der Waals surface area contributed by atoms with E-state index in [1.807, 2.05) is 0 Å². The van der Waals surface area contributed by atoms with Crippen molar-refractivity contribution in [3.63, 3.8) is 0 Å². The van der Waals surface area contributed by atoms with E-state index in [2.05, 4.69) is 63.7 Å². The molecule has 1 aliphatic heterocycles. The van der Waals surface area contributed by atoms with Crippen molar-refractivity contribution >= 4 is 0 Å². The maximum absolute atomic E-state index is 6.42. The quantitative estimate of drug-likeness (QED) is 0.501. The molecule has 0 radical (unpaired) electrons. The fraction of sp³-hybridized carbons (Fsp3) is 0.920. The van der Waals surface area contributed by atoms with Gasteiger partial charge in [-0.3, -0.25) is 0 Å². The fourth-order valence-electron chi connectivity index (χ4n) is 5.68. The van der Waals surface area contributed by atoms with E-state index < -0.39 is 0 Å². The third kappa shape index (κ3) is 6.37. The van der Waals surface area contributed by atoms with Crippen molar-refractivity contribution in [2.24, 2.45) is 35.5 Å². The molecule has 168 valence electrons. The molecule has 0 spiro atoms. The molecule has 3 aliphatic rings. The molecule has 0 amide bonds. The average molecular weight is 407 g/mol. The maximum Gasteiger partial charge on any atom is 0.120 e. The first-order valence-electron chi connectivity index (χ1n) is 12.2. The van der Waals surface area contributed by atoms with E-state index in [9.17, 15) is 0 Å². The van der Waals surface area contributed by atoms with Crippen molar-refractivity contribution in [1.29, 1.82) is 0 Å². The van der Waals surface area contributed by atoms with Gasteiger partial charge in [0.25, 0.3) is 0 Å². The Morgan fingerprint density at radius 2 is 1.14 bits per heavy atom. The lowest BCUT2D eigenvalue weighted by Crippen LogP contribution is -2.39. The first-order chi connectivity index (χ1) is 13.8. The van der Waals surface area contributed by atoms with Crippen molar-refractivity contribution in [3.05, 3.63) is 12.4 Å². The second-order valence-corrected chi connectivity index (χ2v) is 10.9. The number of hydrogen-bond acceptors (Lipinski definition) is 4. The van der Waals surface area contributed by atoms with Gasteiger partial charge < -0.3 is 19.3 Å². The van der Waals surface area contributed by atoms with E-state index >= 15 is 0 Å². The Balaban J connectivity index is 1.41. The summed E-state index contributed by atoms with van der Waals surface area (Å²) in [5, 5.41) is 0. The zero-order chi connectivity index (χ0) is 21.0. The predicted octanol–water partition coefficient (Wildman–Crippen LogP) is 5.90. The van der Waals surface area contributed by atoms with E-state index in [0.717, 1.165) is 18.5 Å². The number of nitrogens with zero attached hydrogens (tertiary/aromatic N) is 2. The van der Waals surface area contributed by atoms with Gasteiger partial charge in [0, 0.05) is 12.4 Å². The summed E-state index contributed by atoms with van der Waals surface area (Å²) in [7, 11) is 0. The van der Waals surface area contributed by atoms with Crippen LogP contribution in [-0.4, -0.2) is 42.1 Å². The number of ether oxygens (including phenoxy) is 2. The smallest absolute Gasteiger partial charge is 0.120 e. The Labute approximate surface area is 180 Å². The van der Waals surface area contributed by atoms with Crippen LogP contribution in [0.3, 0.4) is 0 Å². The Morgan fingerprint density at radius 1 is 0.724 bits per heavy atom. The topological polar surface area (TPSA) is 24.9 Å². The zero-order valence-electron chi connectivity index (χ0n) is 19.8. The predicted molar refractivity (Wildman–Crippen MR) is 120 cm³/mol. The average Bonchev–Trinajstić information content (AvgIpc) is 3.12. The van der Waals surface area contributed by atoms with Crippen LogP contribution in [0.25, 0.3) is 0 Å². The molecule has 0 N–H and O–H groups in total. The molecule has 0 saturated heterocycles. The molecule has 0 aromatic rings. The number of rotatable bonds is 8. The van der Waals surface area contributed by atoms with Gasteiger partial charge in [0.05, 0.1) is 18.9 Å². The normalized spacial score (nSPS) is 35.9. The molecule has 29 heavy (non-hydrogen) atoms. The molecule has 2 aliphatic carbocycles. The standard InChI is InChI=1S/C25H46N2O2/c1-18(2)22-9-7-20(5)13-24(22)28-16-26-11-12-27(15-26)17-29-25-14-21(6)8-10-23(25)19(3)4/h11-12,18-25H,7-10,13-17H2,1-6H3/t20-,21-,22+,23+,24-,25-/m0/s1. The van der Waals surface area contributed by atoms with Crippen LogP contribution >= 0.6 is 0 Å². The highest BCUT2D eigenvalue weighted by Gasteiger charge is 2.33. The fourth-order valence-corrected chi connectivity index (χ4v) is 5.68. The monoisotopic (exact) mass is 406 g/mol. The summed E-state index contributed by atoms with van der Waals surface area (Å²) in [6.07, 6.45) is 12.9. The third-order valence-corrected chi connectivity index (χ3v) is 7.68. The lowest BCUT2D eigenvalue weighted by atomic mass is 9.75. The van der Waals surface area contributed by atoms with Crippen molar-refractivity contribution in [2.75, 3.05) is 20.1 Å². The van der Waals surface area contributed by atoms with Crippen LogP contribution in [0.15, 0.2) is 12.4 Å². The Morgan fingerprint density at radius 3 is 1.52 bits per heavy atom. The van der Waals surface area contributed by atoms with Crippen molar-refractivity contribution < 1.29 is 9.47 Å². The summed E-state index contributed by atoms with van der Waals surface area (Å²) in [6.45, 7) is 16.4. The summed E-state index contributed by atoms with van der Waals surface area (Å²) in [4.78, 5) is 4.56. The van der Waals surface area contributed by atoms with Gasteiger partial charge in [-0.05, 0) is 61.2 Å². The molecule has 2 saturated carbocycles. The second kappa shape index (κ2) is 10.5. The highest BCUT2D eigenvalue weighted by molar-refractivity contribution is 4.90. The Kier molecular flexibility index (Phi) is 8.32. The van der Waals surface area contributed by atoms with E-state index in [1.54, 1.807) is 0 Å². The van der Waals surface area contributed by atoms with Crippen molar-refractivity contribution in [3.8, 4) is 0 Å². The van der Waals surface area contributed by atoms with E-state index in [0.29, 0.717) is 49.3 Å². The second-order valence-electron chi connectivity index (χ2n) is 10.9. The molecule has 2 fully saturated rings. The highest BCUT2D eigenvalue weighted by atomic mass is 16.5. The highest BCUT2D eigenvalue weighted by Crippen LogP contribution is 2.36. The Hall–Kier alpha value is -0.740. The van der Waals surface area contributed by atoms with E-state index in [4.69, 9.17) is 9.47 Å². The molecule has 0 aromatic carbocycles. The van der Waals surface area contributed by atoms with Gasteiger partial charge in [0.15, 0.2) is 0 Å². The summed E-state index contributed by atoms with van der Waals surface area (Å²) in [5.74, 6) is 4.41. The van der Waals surface area contributed by atoms with Crippen LogP contribution in [-0.2, 0) is 9.47 Å². The third-order valence-electron chi connectivity index (χ3n) is 7.68. The number of hydrogen-bond donors (Lipinski definition) is 0. The molecule has 1 heterocycles. The molecular weight excluding hydrogens is 360 g/mol. The largest absolute Gasteiger partial charge is 0.358 e. The van der Waals surface area contributed by atoms with Crippen LogP contribution in [0.1, 0.15) is 80.1 Å². The molecule has 0 aromatic heterocycles. The van der Waals surface area contributed by atoms with Crippen molar-refractivity contribution in [2.45, 2.75) is 92.3 Å². The summed E-state index contributed by atoms with van der Waals surface area (Å²) < 4.78 is 12.8. The van der Waals surface area contributed by atoms with Crippen LogP contribution in [0, 0.1) is 35.5 Å². The summed E-state index contributed by atoms with van der Waals surface area (Å²) in [6, 6.07) is 0. The zero-order valence-corrected chi connectivity index (χ0v) is 19.8. The minimum Gasteiger partial charge on any atom is -0.358 e. The van der Waals surface area contributed by atoms with Gasteiger partial charge in [-0.15, -0.1) is 0 Å². The van der Waals surface area contributed by atoms with Crippen LogP contribution in [0.2, 0.25) is 0 Å². The Bertz CT molecular complexity index is 477. The van der Waals surface area contributed by atoms with Gasteiger partial charge in [-0.2, -0.15) is 0 Å². The maximum atomic E-state index is 6.42. The van der Waals surface area contributed by atoms with E-state index in [1.165, 1.54) is 38.5 Å². The van der Waals surface area contributed by atoms with Crippen LogP contribution < -0.4 is 0 Å². The molecular formula is C25H46N2O2. The first-order valence-corrected chi connectivity index (χ1v) is 12.2. The summed E-state index contributed by atoms with van der Waals surface area (Å²) in [5.41, 5.74) is 0. The van der Waals surface area contributed by atoms with Crippen LogP contribution in [0.4, 0.5) is 0 Å². The van der Waals surface area contributed by atoms with Gasteiger partial charge in [-0.1, -0.05) is 54.4 Å². The summed E-state index contributed by atoms with van der Waals surface area (Å²) >= 11 is 0. The first kappa shape index (κ1) is 22.9. The van der Waals surface area contributed by atoms with Gasteiger partial charge in [0.2, 0.25) is 0 Å². The molecule has 6 atom stereocenters. The van der Waals surface area contributed by atoms with Gasteiger partial charge in [0.1, 0.15) is 13.5 Å². The van der Waals surface area contributed by atoms with Crippen molar-refractivity contribution in [1.82, 2.24) is 9.80 Å². The lowest BCUT2D eigenvalue weighted by Gasteiger charge is -2.38. The van der Waals surface area contributed by atoms with Gasteiger partial charge >= 0.3 is 0 Å². The minimum atomic E-state index is 0.410. The SMILES string of the molecule is CC(C)[C@H]1CC[C@H](C)C[C@@H]1OCN1C=CN(CO[C@H]2C[C@@H](C)CC[C@@H]2C(C)C)C1. The van der Waals surface area contributed by atoms with Gasteiger partial charge in [-0.25, -0.2) is 0 Å². The molecule has 0 unspecified atom stereocenters.